The third kappa shape index (κ3) is 4.88. The number of urea groups is 1. The SMILES string of the molecule is COCc1cccc(NC(=O)NCCc2nc(C)no2)c1. The Kier molecular flexibility index (Phi) is 5.28. The number of nitrogens with zero attached hydrogens (tertiary/aromatic N) is 2. The van der Waals surface area contributed by atoms with Gasteiger partial charge in [0.15, 0.2) is 5.82 Å². The fraction of sp³-hybridized carbons (Fsp3) is 0.357. The zero-order valence-electron chi connectivity index (χ0n) is 12.0. The van der Waals surface area contributed by atoms with Crippen LogP contribution < -0.4 is 10.6 Å². The number of amides is 2. The summed E-state index contributed by atoms with van der Waals surface area (Å²) in [5, 5.41) is 9.17. The second-order valence-electron chi connectivity index (χ2n) is 4.50. The molecule has 7 nitrogen and oxygen atoms in total. The van der Waals surface area contributed by atoms with Crippen molar-refractivity contribution < 1.29 is 14.1 Å². The number of benzene rings is 1. The van der Waals surface area contributed by atoms with Crippen LogP contribution >= 0.6 is 0 Å². The molecule has 0 aliphatic carbocycles. The van der Waals surface area contributed by atoms with E-state index >= 15 is 0 Å². The second-order valence-corrected chi connectivity index (χ2v) is 4.50. The van der Waals surface area contributed by atoms with Gasteiger partial charge >= 0.3 is 6.03 Å². The third-order valence-corrected chi connectivity index (χ3v) is 2.69. The van der Waals surface area contributed by atoms with Crippen LogP contribution in [-0.4, -0.2) is 29.8 Å². The van der Waals surface area contributed by atoms with Gasteiger partial charge in [-0.05, 0) is 24.6 Å². The Morgan fingerprint density at radius 1 is 1.43 bits per heavy atom. The van der Waals surface area contributed by atoms with Crippen LogP contribution in [0, 0.1) is 6.92 Å². The van der Waals surface area contributed by atoms with Gasteiger partial charge in [-0.15, -0.1) is 0 Å². The Hall–Kier alpha value is -2.41. The standard InChI is InChI=1S/C14H18N4O3/c1-10-16-13(21-18-10)6-7-15-14(19)17-12-5-3-4-11(8-12)9-20-2/h3-5,8H,6-7,9H2,1-2H3,(H2,15,17,19). The molecular weight excluding hydrogens is 272 g/mol. The van der Waals surface area contributed by atoms with Crippen molar-refractivity contribution in [3.05, 3.63) is 41.5 Å². The summed E-state index contributed by atoms with van der Waals surface area (Å²) in [4.78, 5) is 15.8. The van der Waals surface area contributed by atoms with Crippen molar-refractivity contribution in [2.24, 2.45) is 0 Å². The number of nitrogens with one attached hydrogen (secondary N) is 2. The van der Waals surface area contributed by atoms with E-state index < -0.39 is 0 Å². The first-order chi connectivity index (χ1) is 10.2. The average molecular weight is 290 g/mol. The monoisotopic (exact) mass is 290 g/mol. The van der Waals surface area contributed by atoms with Crippen molar-refractivity contribution in [1.29, 1.82) is 0 Å². The molecule has 0 bridgehead atoms. The fourth-order valence-electron chi connectivity index (χ4n) is 1.81. The maximum atomic E-state index is 11.8. The number of carbonyl (C=O) groups is 1. The van der Waals surface area contributed by atoms with Gasteiger partial charge < -0.3 is 19.9 Å². The average Bonchev–Trinajstić information content (AvgIpc) is 2.85. The van der Waals surface area contributed by atoms with E-state index in [1.165, 1.54) is 0 Å². The molecule has 1 aromatic carbocycles. The van der Waals surface area contributed by atoms with E-state index in [0.717, 1.165) is 11.3 Å². The first kappa shape index (κ1) is 15.0. The van der Waals surface area contributed by atoms with Crippen LogP contribution in [-0.2, 0) is 17.8 Å². The number of anilines is 1. The van der Waals surface area contributed by atoms with E-state index in [9.17, 15) is 4.79 Å². The van der Waals surface area contributed by atoms with Gasteiger partial charge in [0, 0.05) is 25.8 Å². The lowest BCUT2D eigenvalue weighted by Crippen LogP contribution is -2.30. The molecule has 0 atom stereocenters. The van der Waals surface area contributed by atoms with E-state index in [1.54, 1.807) is 14.0 Å². The zero-order chi connectivity index (χ0) is 15.1. The van der Waals surface area contributed by atoms with Gasteiger partial charge in [0.1, 0.15) is 0 Å². The van der Waals surface area contributed by atoms with Crippen LogP contribution in [0.1, 0.15) is 17.3 Å². The zero-order valence-corrected chi connectivity index (χ0v) is 12.0. The number of methoxy groups -OCH3 is 1. The number of rotatable bonds is 6. The van der Waals surface area contributed by atoms with E-state index in [-0.39, 0.29) is 6.03 Å². The lowest BCUT2D eigenvalue weighted by Gasteiger charge is -2.08. The van der Waals surface area contributed by atoms with Gasteiger partial charge in [-0.3, -0.25) is 0 Å². The summed E-state index contributed by atoms with van der Waals surface area (Å²) in [6.07, 6.45) is 0.498. The van der Waals surface area contributed by atoms with Crippen LogP contribution in [0.3, 0.4) is 0 Å². The van der Waals surface area contributed by atoms with Crippen molar-refractivity contribution in [2.45, 2.75) is 20.0 Å². The number of carbonyl (C=O) groups excluding carboxylic acids is 1. The smallest absolute Gasteiger partial charge is 0.319 e. The molecule has 0 radical (unpaired) electrons. The minimum absolute atomic E-state index is 0.277. The van der Waals surface area contributed by atoms with E-state index in [4.69, 9.17) is 9.26 Å². The van der Waals surface area contributed by atoms with Crippen LogP contribution in [0.25, 0.3) is 0 Å². The van der Waals surface area contributed by atoms with Gasteiger partial charge in [-0.2, -0.15) is 4.98 Å². The number of aromatic nitrogens is 2. The van der Waals surface area contributed by atoms with Crippen molar-refractivity contribution >= 4 is 11.7 Å². The summed E-state index contributed by atoms with van der Waals surface area (Å²) in [5.74, 6) is 1.10. The number of hydrogen-bond donors (Lipinski definition) is 2. The van der Waals surface area contributed by atoms with Crippen LogP contribution in [0.15, 0.2) is 28.8 Å². The summed E-state index contributed by atoms with van der Waals surface area (Å²) >= 11 is 0. The quantitative estimate of drug-likeness (QED) is 0.848. The number of aryl methyl sites for hydroxylation is 1. The second kappa shape index (κ2) is 7.39. The molecule has 0 fully saturated rings. The minimum atomic E-state index is -0.277. The predicted molar refractivity (Wildman–Crippen MR) is 76.9 cm³/mol. The molecule has 2 aromatic rings. The van der Waals surface area contributed by atoms with E-state index in [0.29, 0.717) is 31.3 Å². The molecule has 7 heteroatoms. The molecule has 0 aliphatic heterocycles. The van der Waals surface area contributed by atoms with E-state index in [2.05, 4.69) is 20.8 Å². The van der Waals surface area contributed by atoms with Gasteiger partial charge in [0.05, 0.1) is 6.61 Å². The molecule has 0 unspecified atom stereocenters. The first-order valence-corrected chi connectivity index (χ1v) is 6.59. The Bertz CT molecular complexity index is 597. The lowest BCUT2D eigenvalue weighted by atomic mass is 10.2. The summed E-state index contributed by atoms with van der Waals surface area (Å²) in [7, 11) is 1.63. The largest absolute Gasteiger partial charge is 0.380 e. The van der Waals surface area contributed by atoms with Crippen molar-refractivity contribution in [2.75, 3.05) is 19.0 Å². The topological polar surface area (TPSA) is 89.3 Å². The Balaban J connectivity index is 1.77. The highest BCUT2D eigenvalue weighted by Crippen LogP contribution is 2.11. The van der Waals surface area contributed by atoms with E-state index in [1.807, 2.05) is 24.3 Å². The number of ether oxygens (including phenoxy) is 1. The van der Waals surface area contributed by atoms with Crippen LogP contribution in [0.5, 0.6) is 0 Å². The predicted octanol–water partition coefficient (Wildman–Crippen LogP) is 1.89. The maximum Gasteiger partial charge on any atom is 0.319 e. The number of hydrogen-bond acceptors (Lipinski definition) is 5. The van der Waals surface area contributed by atoms with Crippen LogP contribution in [0.2, 0.25) is 0 Å². The lowest BCUT2D eigenvalue weighted by molar-refractivity contribution is 0.185. The summed E-state index contributed by atoms with van der Waals surface area (Å²) in [5.41, 5.74) is 1.72. The molecular formula is C14H18N4O3. The first-order valence-electron chi connectivity index (χ1n) is 6.59. The van der Waals surface area contributed by atoms with Crippen molar-refractivity contribution in [3.63, 3.8) is 0 Å². The van der Waals surface area contributed by atoms with Gasteiger partial charge in [-0.1, -0.05) is 17.3 Å². The van der Waals surface area contributed by atoms with Gasteiger partial charge in [0.25, 0.3) is 0 Å². The summed E-state index contributed by atoms with van der Waals surface area (Å²) < 4.78 is 10.0. The molecule has 0 saturated carbocycles. The molecule has 2 N–H and O–H groups in total. The normalized spacial score (nSPS) is 10.4. The Labute approximate surface area is 122 Å². The molecule has 2 amide bonds. The molecule has 2 rings (SSSR count). The molecule has 0 saturated heterocycles. The summed E-state index contributed by atoms with van der Waals surface area (Å²) in [6, 6.07) is 7.21. The molecule has 112 valence electrons. The molecule has 1 aromatic heterocycles. The molecule has 1 heterocycles. The summed E-state index contributed by atoms with van der Waals surface area (Å²) in [6.45, 7) is 2.68. The Morgan fingerprint density at radius 3 is 3.00 bits per heavy atom. The fourth-order valence-corrected chi connectivity index (χ4v) is 1.81. The van der Waals surface area contributed by atoms with Crippen molar-refractivity contribution in [3.8, 4) is 0 Å². The maximum absolute atomic E-state index is 11.8. The van der Waals surface area contributed by atoms with Crippen LogP contribution in [0.4, 0.5) is 10.5 Å². The third-order valence-electron chi connectivity index (χ3n) is 2.69. The molecule has 0 aliphatic rings. The van der Waals surface area contributed by atoms with Gasteiger partial charge in [0.2, 0.25) is 5.89 Å². The van der Waals surface area contributed by atoms with Gasteiger partial charge in [-0.25, -0.2) is 4.79 Å². The van der Waals surface area contributed by atoms with Crippen molar-refractivity contribution in [1.82, 2.24) is 15.5 Å². The highest BCUT2D eigenvalue weighted by molar-refractivity contribution is 5.89. The molecule has 0 spiro atoms. The molecule has 21 heavy (non-hydrogen) atoms. The highest BCUT2D eigenvalue weighted by atomic mass is 16.5. The highest BCUT2D eigenvalue weighted by Gasteiger charge is 2.05. The minimum Gasteiger partial charge on any atom is -0.380 e. The Morgan fingerprint density at radius 2 is 2.29 bits per heavy atom.